The molecule has 0 aliphatic rings. The minimum Gasteiger partial charge on any atom is -0.324 e. The Morgan fingerprint density at radius 3 is 2.16 bits per heavy atom. The topological polar surface area (TPSA) is 163 Å². The zero-order valence-corrected chi connectivity index (χ0v) is 17.9. The highest BCUT2D eigenvalue weighted by Gasteiger charge is 2.21. The average molecular weight is 463 g/mol. The molecule has 0 saturated heterocycles. The molecule has 162 valence electrons. The highest BCUT2D eigenvalue weighted by molar-refractivity contribution is 7.86. The maximum atomic E-state index is 11.9. The van der Waals surface area contributed by atoms with Crippen molar-refractivity contribution in [2.75, 3.05) is 5.32 Å². The first-order valence-corrected chi connectivity index (χ1v) is 11.6. The fraction of sp³-hybridized carbons (Fsp3) is 0.105. The Morgan fingerprint density at radius 1 is 0.871 bits per heavy atom. The summed E-state index contributed by atoms with van der Waals surface area (Å²) in [4.78, 5) is 10.3. The summed E-state index contributed by atoms with van der Waals surface area (Å²) in [5.74, 6) is -0.334. The molecule has 3 aromatic carbocycles. The Labute approximate surface area is 178 Å². The van der Waals surface area contributed by atoms with Gasteiger partial charge in [-0.25, -0.2) is 0 Å². The van der Waals surface area contributed by atoms with E-state index in [1.165, 1.54) is 25.1 Å². The van der Waals surface area contributed by atoms with Gasteiger partial charge in [-0.1, -0.05) is 18.2 Å². The van der Waals surface area contributed by atoms with Crippen molar-refractivity contribution in [3.63, 3.8) is 0 Å². The first-order valence-electron chi connectivity index (χ1n) is 8.68. The summed E-state index contributed by atoms with van der Waals surface area (Å²) >= 11 is 0. The molecule has 10 nitrogen and oxygen atoms in total. The number of carbonyl (C=O) groups is 1. The summed E-state index contributed by atoms with van der Waals surface area (Å²) in [6, 6.07) is 10.8. The molecule has 0 radical (unpaired) electrons. The summed E-state index contributed by atoms with van der Waals surface area (Å²) in [5.41, 5.74) is 1.37. The highest BCUT2D eigenvalue weighted by Crippen LogP contribution is 2.34. The molecular weight excluding hydrogens is 446 g/mol. The lowest BCUT2D eigenvalue weighted by Crippen LogP contribution is -2.05. The molecule has 0 aromatic heterocycles. The number of aryl methyl sites for hydroxylation is 1. The maximum absolute atomic E-state index is 11.9. The molecule has 0 bridgehead atoms. The number of azo groups is 1. The molecule has 0 aliphatic carbocycles. The lowest BCUT2D eigenvalue weighted by atomic mass is 10.1. The highest BCUT2D eigenvalue weighted by atomic mass is 32.2. The van der Waals surface area contributed by atoms with Crippen LogP contribution in [0.3, 0.4) is 0 Å². The number of anilines is 1. The Morgan fingerprint density at radius 2 is 1.55 bits per heavy atom. The van der Waals surface area contributed by atoms with Crippen molar-refractivity contribution in [1.29, 1.82) is 0 Å². The van der Waals surface area contributed by atoms with Crippen LogP contribution in [0.5, 0.6) is 0 Å². The molecule has 3 aromatic rings. The molecule has 0 aliphatic heterocycles. The molecule has 0 unspecified atom stereocenters. The van der Waals surface area contributed by atoms with Crippen LogP contribution in [0.4, 0.5) is 17.1 Å². The van der Waals surface area contributed by atoms with Crippen LogP contribution in [0.15, 0.2) is 68.6 Å². The molecule has 1 amide bonds. The second-order valence-corrected chi connectivity index (χ2v) is 9.43. The third-order valence-corrected chi connectivity index (χ3v) is 6.00. The first-order chi connectivity index (χ1) is 14.4. The van der Waals surface area contributed by atoms with Crippen LogP contribution in [0.2, 0.25) is 0 Å². The van der Waals surface area contributed by atoms with Gasteiger partial charge in [0.2, 0.25) is 5.91 Å². The number of nitrogens with zero attached hydrogens (tertiary/aromatic N) is 2. The van der Waals surface area contributed by atoms with Crippen LogP contribution in [0, 0.1) is 6.92 Å². The molecule has 0 spiro atoms. The van der Waals surface area contributed by atoms with Crippen molar-refractivity contribution < 1.29 is 30.7 Å². The zero-order chi connectivity index (χ0) is 23.0. The monoisotopic (exact) mass is 463 g/mol. The molecule has 0 heterocycles. The van der Waals surface area contributed by atoms with Crippen LogP contribution >= 0.6 is 0 Å². The van der Waals surface area contributed by atoms with Gasteiger partial charge in [0.15, 0.2) is 0 Å². The van der Waals surface area contributed by atoms with E-state index in [-0.39, 0.29) is 28.1 Å². The quantitative estimate of drug-likeness (QED) is 0.380. The van der Waals surface area contributed by atoms with E-state index in [0.29, 0.717) is 5.69 Å². The standard InChI is InChI=1S/C19H17N3O7S2/c1-11-6-7-16(17(8-11)20-12(2)23)22-21-13-9-15-14(19(10-13)31(27,28)29)4-3-5-18(15)30(24,25)26/h3-10H,1-2H3,(H,20,23)(H,24,25,26)(H,27,28,29). The third kappa shape index (κ3) is 5.11. The summed E-state index contributed by atoms with van der Waals surface area (Å²) in [6.45, 7) is 3.13. The van der Waals surface area contributed by atoms with Crippen molar-refractivity contribution in [3.8, 4) is 0 Å². The number of hydrogen-bond donors (Lipinski definition) is 3. The molecule has 0 saturated carbocycles. The third-order valence-electron chi connectivity index (χ3n) is 4.19. The molecule has 3 rings (SSSR count). The van der Waals surface area contributed by atoms with Crippen LogP contribution < -0.4 is 5.32 Å². The lowest BCUT2D eigenvalue weighted by Gasteiger charge is -2.09. The van der Waals surface area contributed by atoms with Gasteiger partial charge in [0.25, 0.3) is 20.2 Å². The molecule has 12 heteroatoms. The molecular formula is C19H17N3O7S2. The van der Waals surface area contributed by atoms with E-state index >= 15 is 0 Å². The van der Waals surface area contributed by atoms with Crippen molar-refractivity contribution >= 4 is 54.0 Å². The van der Waals surface area contributed by atoms with E-state index in [1.807, 2.05) is 6.92 Å². The van der Waals surface area contributed by atoms with E-state index in [1.54, 1.807) is 18.2 Å². The minimum absolute atomic E-state index is 0.106. The number of nitrogens with one attached hydrogen (secondary N) is 1. The van der Waals surface area contributed by atoms with E-state index in [4.69, 9.17) is 0 Å². The summed E-state index contributed by atoms with van der Waals surface area (Å²) in [7, 11) is -9.46. The van der Waals surface area contributed by atoms with Gasteiger partial charge in [0.05, 0.1) is 11.4 Å². The fourth-order valence-corrected chi connectivity index (χ4v) is 4.37. The van der Waals surface area contributed by atoms with E-state index in [2.05, 4.69) is 15.5 Å². The summed E-state index contributed by atoms with van der Waals surface area (Å²) in [5, 5.41) is 10.3. The molecule has 0 fully saturated rings. The smallest absolute Gasteiger partial charge is 0.295 e. The van der Waals surface area contributed by atoms with Gasteiger partial charge in [0.1, 0.15) is 15.5 Å². The van der Waals surface area contributed by atoms with Gasteiger partial charge < -0.3 is 5.32 Å². The fourth-order valence-electron chi connectivity index (χ4n) is 2.94. The van der Waals surface area contributed by atoms with Gasteiger partial charge in [-0.15, -0.1) is 5.11 Å². The normalized spacial score (nSPS) is 12.4. The minimum atomic E-state index is -4.76. The Kier molecular flexibility index (Phi) is 5.91. The van der Waals surface area contributed by atoms with Crippen LogP contribution in [0.25, 0.3) is 10.8 Å². The van der Waals surface area contributed by atoms with Crippen LogP contribution in [-0.2, 0) is 25.0 Å². The second kappa shape index (κ2) is 8.15. The van der Waals surface area contributed by atoms with Crippen molar-refractivity contribution in [3.05, 3.63) is 54.1 Å². The molecule has 31 heavy (non-hydrogen) atoms. The SMILES string of the molecule is CC(=O)Nc1cc(C)ccc1N=Nc1cc(S(=O)(=O)O)c2cccc(S(=O)(=O)O)c2c1. The Bertz CT molecular complexity index is 1450. The number of amides is 1. The van der Waals surface area contributed by atoms with Crippen LogP contribution in [-0.4, -0.2) is 31.8 Å². The van der Waals surface area contributed by atoms with E-state index in [9.17, 15) is 30.7 Å². The number of carbonyl (C=O) groups excluding carboxylic acids is 1. The van der Waals surface area contributed by atoms with Gasteiger partial charge >= 0.3 is 0 Å². The van der Waals surface area contributed by atoms with Crippen molar-refractivity contribution in [2.24, 2.45) is 10.2 Å². The average Bonchev–Trinajstić information content (AvgIpc) is 2.64. The maximum Gasteiger partial charge on any atom is 0.295 e. The van der Waals surface area contributed by atoms with Crippen molar-refractivity contribution in [1.82, 2.24) is 0 Å². The molecule has 3 N–H and O–H groups in total. The largest absolute Gasteiger partial charge is 0.324 e. The summed E-state index contributed by atoms with van der Waals surface area (Å²) < 4.78 is 66.3. The number of rotatable bonds is 5. The number of fused-ring (bicyclic) bond motifs is 1. The predicted octanol–water partition coefficient (Wildman–Crippen LogP) is 4.02. The van der Waals surface area contributed by atoms with Gasteiger partial charge in [-0.2, -0.15) is 21.9 Å². The van der Waals surface area contributed by atoms with Crippen molar-refractivity contribution in [2.45, 2.75) is 23.6 Å². The molecule has 0 atom stereocenters. The Balaban J connectivity index is 2.24. The number of hydrogen-bond acceptors (Lipinski definition) is 7. The van der Waals surface area contributed by atoms with Gasteiger partial charge in [-0.05, 0) is 42.8 Å². The van der Waals surface area contributed by atoms with Crippen LogP contribution in [0.1, 0.15) is 12.5 Å². The van der Waals surface area contributed by atoms with Gasteiger partial charge in [0, 0.05) is 17.7 Å². The number of benzene rings is 3. The van der Waals surface area contributed by atoms with E-state index in [0.717, 1.165) is 17.7 Å². The van der Waals surface area contributed by atoms with Gasteiger partial charge in [-0.3, -0.25) is 13.9 Å². The second-order valence-electron chi connectivity index (χ2n) is 6.65. The predicted molar refractivity (Wildman–Crippen MR) is 113 cm³/mol. The summed E-state index contributed by atoms with van der Waals surface area (Å²) in [6.07, 6.45) is 0. The first kappa shape index (κ1) is 22.5. The lowest BCUT2D eigenvalue weighted by molar-refractivity contribution is -0.114. The zero-order valence-electron chi connectivity index (χ0n) is 16.3. The Hall–Kier alpha value is -3.19. The van der Waals surface area contributed by atoms with E-state index < -0.39 is 30.0 Å².